The van der Waals surface area contributed by atoms with Crippen molar-refractivity contribution >= 4 is 23.1 Å². The molecule has 1 aromatic carbocycles. The van der Waals surface area contributed by atoms with Gasteiger partial charge in [0.15, 0.2) is 0 Å². The topological polar surface area (TPSA) is 118 Å². The van der Waals surface area contributed by atoms with E-state index in [2.05, 4.69) is 15.3 Å². The first kappa shape index (κ1) is 14.1. The van der Waals surface area contributed by atoms with E-state index < -0.39 is 16.6 Å². The second kappa shape index (κ2) is 6.70. The minimum atomic E-state index is -0.834. The fourth-order valence-electron chi connectivity index (χ4n) is 1.09. The minimum absolute atomic E-state index is 0.0690. The fourth-order valence-corrected chi connectivity index (χ4v) is 1.09. The number of nitro benzene ring substituents is 1. The van der Waals surface area contributed by atoms with E-state index >= 15 is 0 Å². The highest BCUT2D eigenvalue weighted by Crippen LogP contribution is 2.15. The van der Waals surface area contributed by atoms with Crippen molar-refractivity contribution in [2.75, 3.05) is 12.0 Å². The minimum Gasteiger partial charge on any atom is -0.461 e. The van der Waals surface area contributed by atoms with Crippen molar-refractivity contribution in [1.82, 2.24) is 0 Å². The number of hydrogen-bond acceptors (Lipinski definition) is 7. The largest absolute Gasteiger partial charge is 0.461 e. The van der Waals surface area contributed by atoms with E-state index in [-0.39, 0.29) is 12.3 Å². The molecule has 0 aliphatic heterocycles. The van der Waals surface area contributed by atoms with Crippen LogP contribution < -0.4 is 5.43 Å². The Balaban J connectivity index is 2.76. The molecule has 0 fully saturated rings. The standard InChI is InChI=1S/C11H10N4O4/c1-2-19-11(16)10(7-12)14-13-8-3-5-9(6-4-8)15(17)18/h3-6,13H,2H2,1H3/b14-10-. The van der Waals surface area contributed by atoms with E-state index in [9.17, 15) is 14.9 Å². The molecule has 1 N–H and O–H groups in total. The summed E-state index contributed by atoms with van der Waals surface area (Å²) in [4.78, 5) is 21.1. The molecule has 0 bridgehead atoms. The summed E-state index contributed by atoms with van der Waals surface area (Å²) < 4.78 is 4.61. The average molecular weight is 262 g/mol. The summed E-state index contributed by atoms with van der Waals surface area (Å²) in [5.74, 6) is -0.834. The fraction of sp³-hybridized carbons (Fsp3) is 0.182. The van der Waals surface area contributed by atoms with Gasteiger partial charge in [-0.3, -0.25) is 15.5 Å². The number of benzene rings is 1. The van der Waals surface area contributed by atoms with Crippen LogP contribution in [0.2, 0.25) is 0 Å². The van der Waals surface area contributed by atoms with Crippen LogP contribution in [0.25, 0.3) is 0 Å². The predicted octanol–water partition coefficient (Wildman–Crippen LogP) is 1.45. The van der Waals surface area contributed by atoms with Crippen molar-refractivity contribution in [3.05, 3.63) is 34.4 Å². The van der Waals surface area contributed by atoms with Crippen molar-refractivity contribution in [1.29, 1.82) is 5.26 Å². The lowest BCUT2D eigenvalue weighted by Gasteiger charge is -2.01. The summed E-state index contributed by atoms with van der Waals surface area (Å²) in [6.07, 6.45) is 0. The molecular formula is C11H10N4O4. The molecule has 98 valence electrons. The summed E-state index contributed by atoms with van der Waals surface area (Å²) in [7, 11) is 0. The normalized spacial score (nSPS) is 10.4. The number of esters is 1. The lowest BCUT2D eigenvalue weighted by molar-refractivity contribution is -0.384. The first-order valence-corrected chi connectivity index (χ1v) is 5.23. The van der Waals surface area contributed by atoms with E-state index in [1.54, 1.807) is 13.0 Å². The number of nitrogens with one attached hydrogen (secondary N) is 1. The molecule has 0 aliphatic rings. The Labute approximate surface area is 108 Å². The van der Waals surface area contributed by atoms with Crippen LogP contribution in [0.3, 0.4) is 0 Å². The molecule has 0 heterocycles. The van der Waals surface area contributed by atoms with Crippen molar-refractivity contribution < 1.29 is 14.5 Å². The van der Waals surface area contributed by atoms with Gasteiger partial charge in [-0.05, 0) is 19.1 Å². The number of carbonyl (C=O) groups is 1. The van der Waals surface area contributed by atoms with Crippen LogP contribution in [0.1, 0.15) is 6.92 Å². The molecule has 0 spiro atoms. The van der Waals surface area contributed by atoms with Crippen molar-refractivity contribution in [3.63, 3.8) is 0 Å². The monoisotopic (exact) mass is 262 g/mol. The van der Waals surface area contributed by atoms with Gasteiger partial charge < -0.3 is 4.74 Å². The van der Waals surface area contributed by atoms with Crippen LogP contribution in [0.4, 0.5) is 11.4 Å². The first-order chi connectivity index (χ1) is 9.08. The number of nitrogens with zero attached hydrogens (tertiary/aromatic N) is 3. The number of non-ortho nitro benzene ring substituents is 1. The number of anilines is 1. The van der Waals surface area contributed by atoms with Gasteiger partial charge in [-0.2, -0.15) is 10.4 Å². The number of hydrazone groups is 1. The van der Waals surface area contributed by atoms with Gasteiger partial charge >= 0.3 is 5.97 Å². The zero-order chi connectivity index (χ0) is 14.3. The predicted molar refractivity (Wildman–Crippen MR) is 66.4 cm³/mol. The zero-order valence-corrected chi connectivity index (χ0v) is 9.99. The number of nitro groups is 1. The van der Waals surface area contributed by atoms with Crippen LogP contribution in [0.5, 0.6) is 0 Å². The molecule has 0 saturated carbocycles. The third-order valence-corrected chi connectivity index (χ3v) is 1.95. The lowest BCUT2D eigenvalue weighted by Crippen LogP contribution is -2.17. The molecule has 0 aromatic heterocycles. The molecular weight excluding hydrogens is 252 g/mol. The molecule has 0 radical (unpaired) electrons. The number of rotatable bonds is 5. The maximum Gasteiger partial charge on any atom is 0.369 e. The Bertz CT molecular complexity index is 545. The van der Waals surface area contributed by atoms with E-state index in [0.717, 1.165) is 0 Å². The van der Waals surface area contributed by atoms with Crippen LogP contribution in [-0.2, 0) is 9.53 Å². The molecule has 1 aromatic rings. The van der Waals surface area contributed by atoms with Gasteiger partial charge in [0, 0.05) is 12.1 Å². The second-order valence-corrected chi connectivity index (χ2v) is 3.21. The molecule has 19 heavy (non-hydrogen) atoms. The molecule has 0 atom stereocenters. The third-order valence-electron chi connectivity index (χ3n) is 1.95. The Hall–Kier alpha value is -2.95. The van der Waals surface area contributed by atoms with Crippen molar-refractivity contribution in [3.8, 4) is 6.07 Å². The highest BCUT2D eigenvalue weighted by atomic mass is 16.6. The Morgan fingerprint density at radius 2 is 2.16 bits per heavy atom. The van der Waals surface area contributed by atoms with Gasteiger partial charge in [-0.25, -0.2) is 4.79 Å². The molecule has 0 aliphatic carbocycles. The molecule has 0 amide bonds. The van der Waals surface area contributed by atoms with Crippen molar-refractivity contribution in [2.45, 2.75) is 6.92 Å². The maximum atomic E-state index is 11.2. The van der Waals surface area contributed by atoms with Gasteiger partial charge in [0.25, 0.3) is 5.69 Å². The summed E-state index contributed by atoms with van der Waals surface area (Å²) in [6.45, 7) is 1.74. The number of nitriles is 1. The molecule has 0 unspecified atom stereocenters. The number of carbonyl (C=O) groups excluding carboxylic acids is 1. The Morgan fingerprint density at radius 3 is 2.63 bits per heavy atom. The van der Waals surface area contributed by atoms with E-state index in [4.69, 9.17) is 5.26 Å². The van der Waals surface area contributed by atoms with Gasteiger partial charge in [0.2, 0.25) is 5.71 Å². The Morgan fingerprint density at radius 1 is 1.53 bits per heavy atom. The summed E-state index contributed by atoms with van der Waals surface area (Å²) in [6, 6.07) is 6.94. The SMILES string of the molecule is CCOC(=O)/C(C#N)=N\Nc1ccc([N+](=O)[O-])cc1. The van der Waals surface area contributed by atoms with E-state index in [1.807, 2.05) is 0 Å². The quantitative estimate of drug-likeness (QED) is 0.371. The molecule has 8 heteroatoms. The van der Waals surface area contributed by atoms with E-state index in [1.165, 1.54) is 24.3 Å². The Kier molecular flexibility index (Phi) is 4.98. The van der Waals surface area contributed by atoms with Gasteiger partial charge in [-0.15, -0.1) is 0 Å². The molecule has 8 nitrogen and oxygen atoms in total. The highest BCUT2D eigenvalue weighted by Gasteiger charge is 2.11. The number of ether oxygens (including phenoxy) is 1. The van der Waals surface area contributed by atoms with Crippen LogP contribution in [0, 0.1) is 21.4 Å². The highest BCUT2D eigenvalue weighted by molar-refractivity contribution is 6.43. The van der Waals surface area contributed by atoms with Crippen molar-refractivity contribution in [2.24, 2.45) is 5.10 Å². The van der Waals surface area contributed by atoms with Crippen LogP contribution in [-0.4, -0.2) is 23.2 Å². The average Bonchev–Trinajstić information content (AvgIpc) is 2.40. The molecule has 1 rings (SSSR count). The summed E-state index contributed by atoms with van der Waals surface area (Å²) in [5, 5.41) is 22.7. The van der Waals surface area contributed by atoms with Gasteiger partial charge in [0.05, 0.1) is 17.2 Å². The number of hydrogen-bond donors (Lipinski definition) is 1. The van der Waals surface area contributed by atoms with Gasteiger partial charge in [0.1, 0.15) is 6.07 Å². The summed E-state index contributed by atoms with van der Waals surface area (Å²) in [5.41, 5.74) is 2.35. The first-order valence-electron chi connectivity index (χ1n) is 5.23. The van der Waals surface area contributed by atoms with Gasteiger partial charge in [-0.1, -0.05) is 0 Å². The third kappa shape index (κ3) is 4.08. The van der Waals surface area contributed by atoms with E-state index in [0.29, 0.717) is 5.69 Å². The second-order valence-electron chi connectivity index (χ2n) is 3.21. The summed E-state index contributed by atoms with van der Waals surface area (Å²) >= 11 is 0. The smallest absolute Gasteiger partial charge is 0.369 e. The maximum absolute atomic E-state index is 11.2. The lowest BCUT2D eigenvalue weighted by atomic mass is 10.3. The van der Waals surface area contributed by atoms with Crippen LogP contribution >= 0.6 is 0 Å². The zero-order valence-electron chi connectivity index (χ0n) is 9.99. The molecule has 0 saturated heterocycles. The van der Waals surface area contributed by atoms with Crippen LogP contribution in [0.15, 0.2) is 29.4 Å².